The van der Waals surface area contributed by atoms with Crippen molar-refractivity contribution >= 4 is 5.91 Å². The van der Waals surface area contributed by atoms with Gasteiger partial charge in [-0.05, 0) is 31.4 Å². The van der Waals surface area contributed by atoms with Gasteiger partial charge < -0.3 is 19.3 Å². The molecule has 1 aromatic heterocycles. The average Bonchev–Trinajstić information content (AvgIpc) is 3.03. The Morgan fingerprint density at radius 3 is 2.31 bits per heavy atom. The van der Waals surface area contributed by atoms with Crippen LogP contribution in [0.5, 0.6) is 11.5 Å². The maximum absolute atomic E-state index is 12.1. The molecule has 0 atom stereocenters. The van der Waals surface area contributed by atoms with Crippen LogP contribution < -0.4 is 14.8 Å². The Hall–Kier alpha value is -2.50. The molecule has 1 aromatic carbocycles. The summed E-state index contributed by atoms with van der Waals surface area (Å²) in [6.07, 6.45) is 0. The summed E-state index contributed by atoms with van der Waals surface area (Å²) in [5, 5.41) is 6.66. The minimum Gasteiger partial charge on any atom is -0.496 e. The molecule has 2 rings (SSSR count). The van der Waals surface area contributed by atoms with E-state index in [2.05, 4.69) is 24.3 Å². The molecule has 0 aliphatic heterocycles. The van der Waals surface area contributed by atoms with Gasteiger partial charge in [-0.3, -0.25) is 4.79 Å². The quantitative estimate of drug-likeness (QED) is 0.815. The minimum atomic E-state index is -0.249. The number of amides is 1. The molecule has 0 fully saturated rings. The second kappa shape index (κ2) is 9.85. The molecule has 0 unspecified atom stereocenters. The standard InChI is InChI=1S/C18H24N2O4.C2H6/c1-7-19-18(21)16-11(4)17(24-20-16)13-8-12(10(2)3)14(22-5)9-15(13)23-6;1-2/h8-10H,7H2,1-6H3,(H,19,21);1-2H3. The third-order valence-electron chi connectivity index (χ3n) is 3.89. The molecular formula is C20H30N2O4. The molecule has 0 spiro atoms. The summed E-state index contributed by atoms with van der Waals surface area (Å²) in [6, 6.07) is 3.80. The van der Waals surface area contributed by atoms with Crippen LogP contribution in [0, 0.1) is 6.92 Å². The van der Waals surface area contributed by atoms with Gasteiger partial charge in [-0.1, -0.05) is 32.9 Å². The number of hydrogen-bond acceptors (Lipinski definition) is 5. The summed E-state index contributed by atoms with van der Waals surface area (Å²) in [5.41, 5.74) is 2.75. The van der Waals surface area contributed by atoms with Crippen molar-refractivity contribution < 1.29 is 18.8 Å². The van der Waals surface area contributed by atoms with E-state index in [4.69, 9.17) is 14.0 Å². The smallest absolute Gasteiger partial charge is 0.273 e. The molecule has 144 valence electrons. The van der Waals surface area contributed by atoms with E-state index >= 15 is 0 Å². The number of ether oxygens (including phenoxy) is 2. The van der Waals surface area contributed by atoms with E-state index in [1.54, 1.807) is 14.2 Å². The first-order chi connectivity index (χ1) is 12.4. The van der Waals surface area contributed by atoms with E-state index in [-0.39, 0.29) is 17.5 Å². The predicted molar refractivity (Wildman–Crippen MR) is 103 cm³/mol. The van der Waals surface area contributed by atoms with Gasteiger partial charge >= 0.3 is 0 Å². The van der Waals surface area contributed by atoms with Gasteiger partial charge in [0, 0.05) is 18.2 Å². The molecule has 1 N–H and O–H groups in total. The zero-order valence-corrected chi connectivity index (χ0v) is 17.0. The zero-order chi connectivity index (χ0) is 19.9. The number of carbonyl (C=O) groups excluding carboxylic acids is 1. The third kappa shape index (κ3) is 4.36. The fourth-order valence-corrected chi connectivity index (χ4v) is 2.60. The Morgan fingerprint density at radius 2 is 1.81 bits per heavy atom. The van der Waals surface area contributed by atoms with Crippen molar-refractivity contribution in [2.45, 2.75) is 47.5 Å². The monoisotopic (exact) mass is 362 g/mol. The van der Waals surface area contributed by atoms with E-state index in [0.717, 1.165) is 16.9 Å². The average molecular weight is 362 g/mol. The van der Waals surface area contributed by atoms with Gasteiger partial charge in [0.05, 0.1) is 19.8 Å². The summed E-state index contributed by atoms with van der Waals surface area (Å²) < 4.78 is 16.4. The highest BCUT2D eigenvalue weighted by atomic mass is 16.5. The van der Waals surface area contributed by atoms with Crippen LogP contribution in [0.4, 0.5) is 0 Å². The van der Waals surface area contributed by atoms with Crippen molar-refractivity contribution in [3.05, 3.63) is 29.0 Å². The number of benzene rings is 1. The van der Waals surface area contributed by atoms with Gasteiger partial charge in [0.1, 0.15) is 11.5 Å². The lowest BCUT2D eigenvalue weighted by Crippen LogP contribution is -2.23. The van der Waals surface area contributed by atoms with Gasteiger partial charge in [0.2, 0.25) is 0 Å². The normalized spacial score (nSPS) is 10.2. The Balaban J connectivity index is 0.00000163. The molecule has 0 radical (unpaired) electrons. The van der Waals surface area contributed by atoms with Crippen molar-refractivity contribution in [1.82, 2.24) is 10.5 Å². The van der Waals surface area contributed by atoms with Crippen LogP contribution in [0.2, 0.25) is 0 Å². The van der Waals surface area contributed by atoms with Gasteiger partial charge in [-0.2, -0.15) is 0 Å². The Kier molecular flexibility index (Phi) is 8.16. The molecule has 0 saturated heterocycles. The van der Waals surface area contributed by atoms with Crippen LogP contribution in [0.15, 0.2) is 16.7 Å². The Morgan fingerprint density at radius 1 is 1.19 bits per heavy atom. The lowest BCUT2D eigenvalue weighted by Gasteiger charge is -2.16. The number of aromatic nitrogens is 1. The fraction of sp³-hybridized carbons (Fsp3) is 0.500. The summed E-state index contributed by atoms with van der Waals surface area (Å²) in [4.78, 5) is 12.1. The van der Waals surface area contributed by atoms with E-state index < -0.39 is 0 Å². The number of rotatable bonds is 6. The Bertz CT molecular complexity index is 736. The maximum atomic E-state index is 12.1. The molecule has 6 heteroatoms. The van der Waals surface area contributed by atoms with Gasteiger partial charge in [0.25, 0.3) is 5.91 Å². The van der Waals surface area contributed by atoms with Gasteiger partial charge in [-0.25, -0.2) is 0 Å². The first-order valence-electron chi connectivity index (χ1n) is 8.95. The molecule has 0 bridgehead atoms. The van der Waals surface area contributed by atoms with Crippen LogP contribution in [0.3, 0.4) is 0 Å². The Labute approximate surface area is 155 Å². The van der Waals surface area contributed by atoms with E-state index in [0.29, 0.717) is 23.6 Å². The highest BCUT2D eigenvalue weighted by molar-refractivity contribution is 5.95. The second-order valence-corrected chi connectivity index (χ2v) is 5.79. The number of methoxy groups -OCH3 is 2. The molecular weight excluding hydrogens is 332 g/mol. The molecule has 0 aliphatic rings. The number of nitrogens with zero attached hydrogens (tertiary/aromatic N) is 1. The highest BCUT2D eigenvalue weighted by Gasteiger charge is 2.23. The molecule has 0 saturated carbocycles. The molecule has 2 aromatic rings. The van der Waals surface area contributed by atoms with Crippen LogP contribution in [-0.2, 0) is 0 Å². The first kappa shape index (κ1) is 21.5. The molecule has 0 aliphatic carbocycles. The van der Waals surface area contributed by atoms with E-state index in [1.807, 2.05) is 39.8 Å². The van der Waals surface area contributed by atoms with Crippen molar-refractivity contribution in [1.29, 1.82) is 0 Å². The van der Waals surface area contributed by atoms with Crippen LogP contribution in [0.25, 0.3) is 11.3 Å². The highest BCUT2D eigenvalue weighted by Crippen LogP contribution is 2.40. The second-order valence-electron chi connectivity index (χ2n) is 5.79. The minimum absolute atomic E-state index is 0.249. The predicted octanol–water partition coefficient (Wildman–Crippen LogP) is 4.57. The lowest BCUT2D eigenvalue weighted by molar-refractivity contribution is 0.0946. The SMILES string of the molecule is CC.CCNC(=O)c1noc(-c2cc(C(C)C)c(OC)cc2OC)c1C. The summed E-state index contributed by atoms with van der Waals surface area (Å²) in [6.45, 7) is 12.4. The van der Waals surface area contributed by atoms with E-state index in [1.165, 1.54) is 0 Å². The maximum Gasteiger partial charge on any atom is 0.273 e. The zero-order valence-electron chi connectivity index (χ0n) is 17.0. The van der Waals surface area contributed by atoms with Crippen molar-refractivity contribution in [3.8, 4) is 22.8 Å². The van der Waals surface area contributed by atoms with Crippen LogP contribution in [0.1, 0.15) is 62.2 Å². The van der Waals surface area contributed by atoms with Crippen LogP contribution in [-0.4, -0.2) is 31.8 Å². The first-order valence-corrected chi connectivity index (χ1v) is 8.95. The molecule has 6 nitrogen and oxygen atoms in total. The number of carbonyl (C=O) groups is 1. The van der Waals surface area contributed by atoms with Crippen LogP contribution >= 0.6 is 0 Å². The lowest BCUT2D eigenvalue weighted by atomic mass is 9.96. The third-order valence-corrected chi connectivity index (χ3v) is 3.89. The molecule has 1 amide bonds. The summed E-state index contributed by atoms with van der Waals surface area (Å²) in [7, 11) is 3.22. The van der Waals surface area contributed by atoms with Crippen molar-refractivity contribution in [3.63, 3.8) is 0 Å². The largest absolute Gasteiger partial charge is 0.496 e. The van der Waals surface area contributed by atoms with Crippen molar-refractivity contribution in [2.75, 3.05) is 20.8 Å². The molecule has 1 heterocycles. The molecule has 26 heavy (non-hydrogen) atoms. The number of hydrogen-bond donors (Lipinski definition) is 1. The summed E-state index contributed by atoms with van der Waals surface area (Å²) in [5.74, 6) is 1.90. The topological polar surface area (TPSA) is 73.6 Å². The van der Waals surface area contributed by atoms with Gasteiger partial charge in [0.15, 0.2) is 11.5 Å². The fourth-order valence-electron chi connectivity index (χ4n) is 2.60. The number of nitrogens with one attached hydrogen (secondary N) is 1. The van der Waals surface area contributed by atoms with Gasteiger partial charge in [-0.15, -0.1) is 0 Å². The van der Waals surface area contributed by atoms with E-state index in [9.17, 15) is 4.79 Å². The summed E-state index contributed by atoms with van der Waals surface area (Å²) >= 11 is 0. The van der Waals surface area contributed by atoms with Crippen molar-refractivity contribution in [2.24, 2.45) is 0 Å².